The van der Waals surface area contributed by atoms with Gasteiger partial charge < -0.3 is 5.73 Å². The molecule has 6 heteroatoms. The van der Waals surface area contributed by atoms with Gasteiger partial charge >= 0.3 is 0 Å². The second-order valence-electron chi connectivity index (χ2n) is 4.24. The first kappa shape index (κ1) is 14.4. The summed E-state index contributed by atoms with van der Waals surface area (Å²) in [6.45, 7) is 0. The summed E-state index contributed by atoms with van der Waals surface area (Å²) in [5.74, 6) is 0. The zero-order valence-corrected chi connectivity index (χ0v) is 13.7. The highest BCUT2D eigenvalue weighted by Gasteiger charge is 2.21. The highest BCUT2D eigenvalue weighted by molar-refractivity contribution is 7.19. The van der Waals surface area contributed by atoms with Crippen molar-refractivity contribution < 1.29 is 0 Å². The molecular formula is C15H8Cl2N2S2. The van der Waals surface area contributed by atoms with Crippen LogP contribution in [0.15, 0.2) is 35.7 Å². The van der Waals surface area contributed by atoms with Gasteiger partial charge in [-0.25, -0.2) is 0 Å². The topological polar surface area (TPSA) is 49.8 Å². The standard InChI is InChI=1S/C15H8Cl2N2S2/c16-9-4-1-3-8(13(9)17)15-12(10-5-2-6-20-10)14(19)11(7-18)21-15/h1-6H,19H2. The summed E-state index contributed by atoms with van der Waals surface area (Å²) in [5, 5.41) is 12.2. The molecule has 0 atom stereocenters. The summed E-state index contributed by atoms with van der Waals surface area (Å²) in [6, 6.07) is 11.5. The van der Waals surface area contributed by atoms with Gasteiger partial charge in [-0.05, 0) is 17.5 Å². The lowest BCUT2D eigenvalue weighted by molar-refractivity contribution is 1.52. The highest BCUT2D eigenvalue weighted by Crippen LogP contribution is 2.48. The molecule has 3 rings (SSSR count). The van der Waals surface area contributed by atoms with Gasteiger partial charge in [0.2, 0.25) is 0 Å². The number of hydrogen-bond acceptors (Lipinski definition) is 4. The average molecular weight is 351 g/mol. The highest BCUT2D eigenvalue weighted by atomic mass is 35.5. The minimum absolute atomic E-state index is 0.475. The number of nitrogens with zero attached hydrogens (tertiary/aromatic N) is 1. The Bertz CT molecular complexity index is 845. The molecule has 2 nitrogen and oxygen atoms in total. The third-order valence-corrected chi connectivity index (χ3v) is 5.86. The predicted molar refractivity (Wildman–Crippen MR) is 92.2 cm³/mol. The Labute approximate surface area is 140 Å². The minimum Gasteiger partial charge on any atom is -0.396 e. The molecule has 2 aromatic heterocycles. The summed E-state index contributed by atoms with van der Waals surface area (Å²) >= 11 is 15.3. The number of rotatable bonds is 2. The molecule has 0 spiro atoms. The first-order chi connectivity index (χ1) is 10.1. The summed E-state index contributed by atoms with van der Waals surface area (Å²) < 4.78 is 0. The minimum atomic E-state index is 0.475. The van der Waals surface area contributed by atoms with Crippen LogP contribution in [0.5, 0.6) is 0 Å². The maximum Gasteiger partial charge on any atom is 0.129 e. The van der Waals surface area contributed by atoms with Gasteiger partial charge in [0.1, 0.15) is 10.9 Å². The van der Waals surface area contributed by atoms with Crippen LogP contribution in [0.3, 0.4) is 0 Å². The number of nitrogen functional groups attached to an aromatic ring is 1. The van der Waals surface area contributed by atoms with Crippen LogP contribution in [0.4, 0.5) is 5.69 Å². The van der Waals surface area contributed by atoms with E-state index >= 15 is 0 Å². The van der Waals surface area contributed by atoms with Crippen LogP contribution in [0, 0.1) is 11.3 Å². The summed E-state index contributed by atoms with van der Waals surface area (Å²) in [5.41, 5.74) is 8.30. The molecule has 0 saturated heterocycles. The number of benzene rings is 1. The SMILES string of the molecule is N#Cc1sc(-c2cccc(Cl)c2Cl)c(-c2cccs2)c1N. The fourth-order valence-corrected chi connectivity index (χ4v) is 4.43. The molecule has 21 heavy (non-hydrogen) atoms. The molecule has 0 amide bonds. The van der Waals surface area contributed by atoms with Crippen molar-refractivity contribution >= 4 is 51.6 Å². The molecule has 0 aliphatic rings. The molecule has 2 heterocycles. The normalized spacial score (nSPS) is 10.5. The second kappa shape index (κ2) is 5.70. The molecule has 2 N–H and O–H groups in total. The third-order valence-electron chi connectivity index (χ3n) is 3.01. The van der Waals surface area contributed by atoms with E-state index in [1.165, 1.54) is 11.3 Å². The van der Waals surface area contributed by atoms with E-state index in [0.29, 0.717) is 20.6 Å². The van der Waals surface area contributed by atoms with E-state index in [1.54, 1.807) is 17.4 Å². The Morgan fingerprint density at radius 1 is 1.14 bits per heavy atom. The Kier molecular flexibility index (Phi) is 3.92. The summed E-state index contributed by atoms with van der Waals surface area (Å²) in [7, 11) is 0. The van der Waals surface area contributed by atoms with Crippen molar-refractivity contribution in [3.8, 4) is 27.0 Å². The number of nitriles is 1. The largest absolute Gasteiger partial charge is 0.396 e. The fraction of sp³-hybridized carbons (Fsp3) is 0. The lowest BCUT2D eigenvalue weighted by Crippen LogP contribution is -1.88. The number of thiophene rings is 2. The van der Waals surface area contributed by atoms with Crippen molar-refractivity contribution in [1.82, 2.24) is 0 Å². The van der Waals surface area contributed by atoms with Crippen LogP contribution in [-0.2, 0) is 0 Å². The zero-order chi connectivity index (χ0) is 15.0. The van der Waals surface area contributed by atoms with Crippen molar-refractivity contribution in [2.24, 2.45) is 0 Å². The van der Waals surface area contributed by atoms with Gasteiger partial charge in [-0.2, -0.15) is 5.26 Å². The molecular weight excluding hydrogens is 343 g/mol. The van der Waals surface area contributed by atoms with Crippen molar-refractivity contribution in [1.29, 1.82) is 5.26 Å². The van der Waals surface area contributed by atoms with Crippen LogP contribution in [0.25, 0.3) is 20.9 Å². The molecule has 1 aromatic carbocycles. The first-order valence-corrected chi connectivity index (χ1v) is 8.39. The first-order valence-electron chi connectivity index (χ1n) is 5.94. The number of nitrogens with two attached hydrogens (primary N) is 1. The molecule has 0 saturated carbocycles. The maximum atomic E-state index is 9.25. The van der Waals surface area contributed by atoms with Gasteiger partial charge in [-0.3, -0.25) is 0 Å². The lowest BCUT2D eigenvalue weighted by atomic mass is 10.1. The summed E-state index contributed by atoms with van der Waals surface area (Å²) in [6.07, 6.45) is 0. The van der Waals surface area contributed by atoms with Crippen LogP contribution in [0.2, 0.25) is 10.0 Å². The molecule has 0 unspecified atom stereocenters. The van der Waals surface area contributed by atoms with E-state index in [1.807, 2.05) is 29.6 Å². The number of halogens is 2. The van der Waals surface area contributed by atoms with Crippen molar-refractivity contribution in [2.45, 2.75) is 0 Å². The third kappa shape index (κ3) is 2.43. The van der Waals surface area contributed by atoms with Gasteiger partial charge in [0.05, 0.1) is 15.7 Å². The van der Waals surface area contributed by atoms with E-state index in [9.17, 15) is 5.26 Å². The Hall–Kier alpha value is -1.51. The van der Waals surface area contributed by atoms with Crippen LogP contribution in [-0.4, -0.2) is 0 Å². The van der Waals surface area contributed by atoms with Crippen LogP contribution >= 0.6 is 45.9 Å². The lowest BCUT2D eigenvalue weighted by Gasteiger charge is -2.06. The Balaban J connectivity index is 2.33. The monoisotopic (exact) mass is 350 g/mol. The van der Waals surface area contributed by atoms with Crippen LogP contribution in [0.1, 0.15) is 4.88 Å². The van der Waals surface area contributed by atoms with E-state index in [2.05, 4.69) is 6.07 Å². The zero-order valence-electron chi connectivity index (χ0n) is 10.6. The van der Waals surface area contributed by atoms with Gasteiger partial charge in [0, 0.05) is 20.9 Å². The quantitative estimate of drug-likeness (QED) is 0.624. The average Bonchev–Trinajstić information content (AvgIpc) is 3.09. The number of anilines is 1. The van der Waals surface area contributed by atoms with Gasteiger partial charge in [-0.1, -0.05) is 41.4 Å². The van der Waals surface area contributed by atoms with E-state index in [0.717, 1.165) is 20.9 Å². The van der Waals surface area contributed by atoms with Gasteiger partial charge in [0.25, 0.3) is 0 Å². The smallest absolute Gasteiger partial charge is 0.129 e. The van der Waals surface area contributed by atoms with Crippen molar-refractivity contribution in [2.75, 3.05) is 5.73 Å². The van der Waals surface area contributed by atoms with E-state index in [4.69, 9.17) is 28.9 Å². The molecule has 0 bridgehead atoms. The number of hydrogen-bond donors (Lipinski definition) is 1. The summed E-state index contributed by atoms with van der Waals surface area (Å²) in [4.78, 5) is 2.37. The van der Waals surface area contributed by atoms with Gasteiger partial charge in [0.15, 0.2) is 0 Å². The Morgan fingerprint density at radius 3 is 2.62 bits per heavy atom. The van der Waals surface area contributed by atoms with E-state index in [-0.39, 0.29) is 0 Å². The predicted octanol–water partition coefficient (Wildman–Crippen LogP) is 5.90. The van der Waals surface area contributed by atoms with Crippen LogP contribution < -0.4 is 5.73 Å². The van der Waals surface area contributed by atoms with Crippen molar-refractivity contribution in [3.05, 3.63) is 50.6 Å². The second-order valence-corrected chi connectivity index (χ2v) is 6.99. The van der Waals surface area contributed by atoms with Crippen molar-refractivity contribution in [3.63, 3.8) is 0 Å². The molecule has 3 aromatic rings. The Morgan fingerprint density at radius 2 is 1.95 bits per heavy atom. The molecule has 0 radical (unpaired) electrons. The molecule has 104 valence electrons. The molecule has 0 aliphatic carbocycles. The van der Waals surface area contributed by atoms with E-state index < -0.39 is 0 Å². The fourth-order valence-electron chi connectivity index (χ4n) is 2.06. The molecule has 0 fully saturated rings. The van der Waals surface area contributed by atoms with Gasteiger partial charge in [-0.15, -0.1) is 22.7 Å². The molecule has 0 aliphatic heterocycles. The maximum absolute atomic E-state index is 9.25.